The maximum absolute atomic E-state index is 13.7. The van der Waals surface area contributed by atoms with Gasteiger partial charge in [0.15, 0.2) is 0 Å². The van der Waals surface area contributed by atoms with E-state index in [4.69, 9.17) is 11.6 Å². The van der Waals surface area contributed by atoms with E-state index in [0.717, 1.165) is 39.9 Å². The van der Waals surface area contributed by atoms with Crippen LogP contribution in [0.3, 0.4) is 0 Å². The minimum absolute atomic E-state index is 0.0691. The molecular weight excluding hydrogens is 461 g/mol. The van der Waals surface area contributed by atoms with Gasteiger partial charge in [-0.25, -0.2) is 9.07 Å². The summed E-state index contributed by atoms with van der Waals surface area (Å²) in [5.41, 5.74) is -0.587. The number of amides is 1. The average Bonchev–Trinajstić information content (AvgIpc) is 2.76. The van der Waals surface area contributed by atoms with E-state index in [0.29, 0.717) is 5.56 Å². The van der Waals surface area contributed by atoms with Crippen molar-refractivity contribution < 1.29 is 22.4 Å². The maximum atomic E-state index is 13.7. The number of carbonyl (C=O) groups is 1. The Morgan fingerprint density at radius 2 is 1.70 bits per heavy atom. The molecule has 5 nitrogen and oxygen atoms in total. The van der Waals surface area contributed by atoms with Crippen LogP contribution in [-0.4, -0.2) is 30.0 Å². The summed E-state index contributed by atoms with van der Waals surface area (Å²) < 4.78 is 52.6. The van der Waals surface area contributed by atoms with E-state index in [1.165, 1.54) is 38.6 Å². The molecule has 0 unspecified atom stereocenters. The van der Waals surface area contributed by atoms with Gasteiger partial charge in [0, 0.05) is 24.4 Å². The molecule has 0 saturated carbocycles. The van der Waals surface area contributed by atoms with E-state index in [2.05, 4.69) is 18.7 Å². The fraction of sp³-hybridized carbons (Fsp3) is 0.227. The van der Waals surface area contributed by atoms with Gasteiger partial charge in [0.2, 0.25) is 5.91 Å². The van der Waals surface area contributed by atoms with Crippen LogP contribution in [0.5, 0.6) is 0 Å². The first-order valence-corrected chi connectivity index (χ1v) is 10.3. The Balaban J connectivity index is 0.00000122. The lowest BCUT2D eigenvalue weighted by Crippen LogP contribution is -2.35. The van der Waals surface area contributed by atoms with Gasteiger partial charge in [-0.05, 0) is 42.5 Å². The summed E-state index contributed by atoms with van der Waals surface area (Å²) in [6, 6.07) is 10.6. The van der Waals surface area contributed by atoms with Gasteiger partial charge < -0.3 is 4.90 Å². The molecule has 0 spiro atoms. The fourth-order valence-electron chi connectivity index (χ4n) is 2.62. The van der Waals surface area contributed by atoms with E-state index in [-0.39, 0.29) is 16.4 Å². The number of likely N-dealkylation sites (N-methyl/N-ethyl adjacent to an activating group) is 1. The van der Waals surface area contributed by atoms with Crippen molar-refractivity contribution in [1.29, 1.82) is 0 Å². The van der Waals surface area contributed by atoms with Crippen LogP contribution in [0.2, 0.25) is 18.7 Å². The summed E-state index contributed by atoms with van der Waals surface area (Å²) >= 11 is 5.66. The molecule has 0 bridgehead atoms. The van der Waals surface area contributed by atoms with Gasteiger partial charge in [0.25, 0.3) is 5.56 Å². The molecule has 174 valence electrons. The molecule has 0 aliphatic rings. The van der Waals surface area contributed by atoms with Gasteiger partial charge >= 0.3 is 6.18 Å². The SMILES string of the molecule is CBC.CN(C(=O)Cn1nc(-c2ccc(Cl)c(F)c2)ccc1=O)c1ccc(C(F)(F)F)cc1. The van der Waals surface area contributed by atoms with Crippen molar-refractivity contribution in [2.45, 2.75) is 26.4 Å². The zero-order valence-electron chi connectivity index (χ0n) is 18.2. The molecule has 0 radical (unpaired) electrons. The van der Waals surface area contributed by atoms with Gasteiger partial charge in [-0.1, -0.05) is 31.3 Å². The molecule has 3 aromatic rings. The predicted octanol–water partition coefficient (Wildman–Crippen LogP) is 4.90. The summed E-state index contributed by atoms with van der Waals surface area (Å²) in [5.74, 6) is -1.24. The molecule has 1 amide bonds. The van der Waals surface area contributed by atoms with E-state index >= 15 is 0 Å². The van der Waals surface area contributed by atoms with Crippen LogP contribution in [0.4, 0.5) is 23.2 Å². The summed E-state index contributed by atoms with van der Waals surface area (Å²) in [5, 5.41) is 4.00. The molecule has 0 aliphatic carbocycles. The molecule has 0 atom stereocenters. The number of hydrogen-bond donors (Lipinski definition) is 0. The topological polar surface area (TPSA) is 55.2 Å². The highest BCUT2D eigenvalue weighted by atomic mass is 35.5. The Bertz CT molecular complexity index is 1170. The third-order valence-electron chi connectivity index (χ3n) is 4.32. The number of alkyl halides is 3. The molecular formula is C22H21BClF4N3O2. The highest BCUT2D eigenvalue weighted by Crippen LogP contribution is 2.30. The minimum atomic E-state index is -4.49. The normalized spacial score (nSPS) is 10.8. The molecule has 0 saturated heterocycles. The second kappa shape index (κ2) is 11.1. The number of aromatic nitrogens is 2. The van der Waals surface area contributed by atoms with Crippen LogP contribution in [0.1, 0.15) is 5.56 Å². The molecule has 33 heavy (non-hydrogen) atoms. The predicted molar refractivity (Wildman–Crippen MR) is 123 cm³/mol. The Hall–Kier alpha value is -3.14. The van der Waals surface area contributed by atoms with Gasteiger partial charge in [0.05, 0.1) is 16.3 Å². The molecule has 1 aromatic heterocycles. The first kappa shape index (κ1) is 26.1. The molecule has 0 aliphatic heterocycles. The summed E-state index contributed by atoms with van der Waals surface area (Å²) in [6.07, 6.45) is -4.49. The van der Waals surface area contributed by atoms with Gasteiger partial charge in [-0.3, -0.25) is 9.59 Å². The van der Waals surface area contributed by atoms with E-state index in [1.54, 1.807) is 0 Å². The zero-order chi connectivity index (χ0) is 24.8. The smallest absolute Gasteiger partial charge is 0.314 e. The van der Waals surface area contributed by atoms with Crippen molar-refractivity contribution in [3.05, 3.63) is 81.4 Å². The number of halogens is 5. The first-order chi connectivity index (χ1) is 15.5. The Morgan fingerprint density at radius 3 is 2.24 bits per heavy atom. The zero-order valence-corrected chi connectivity index (χ0v) is 18.9. The number of hydrogen-bond acceptors (Lipinski definition) is 3. The second-order valence-electron chi connectivity index (χ2n) is 7.05. The molecule has 11 heteroatoms. The number of carbonyl (C=O) groups excluding carboxylic acids is 1. The lowest BCUT2D eigenvalue weighted by molar-refractivity contribution is -0.137. The van der Waals surface area contributed by atoms with Crippen LogP contribution in [0.15, 0.2) is 59.4 Å². The van der Waals surface area contributed by atoms with Crippen molar-refractivity contribution >= 4 is 30.5 Å². The Kier molecular flexibility index (Phi) is 8.81. The third-order valence-corrected chi connectivity index (χ3v) is 4.63. The van der Waals surface area contributed by atoms with Crippen LogP contribution < -0.4 is 10.5 Å². The number of nitrogens with zero attached hydrogens (tertiary/aromatic N) is 3. The van der Waals surface area contributed by atoms with Crippen molar-refractivity contribution in [3.8, 4) is 11.3 Å². The third kappa shape index (κ3) is 6.92. The lowest BCUT2D eigenvalue weighted by Gasteiger charge is -2.18. The molecule has 1 heterocycles. The van der Waals surface area contributed by atoms with Crippen LogP contribution in [-0.2, 0) is 17.5 Å². The molecule has 3 rings (SSSR count). The molecule has 0 fully saturated rings. The quantitative estimate of drug-likeness (QED) is 0.393. The summed E-state index contributed by atoms with van der Waals surface area (Å²) in [7, 11) is 2.62. The Labute approximate surface area is 193 Å². The monoisotopic (exact) mass is 481 g/mol. The number of anilines is 1. The van der Waals surface area contributed by atoms with Gasteiger partial charge in [-0.2, -0.15) is 18.3 Å². The first-order valence-electron chi connectivity index (χ1n) is 9.95. The molecule has 0 N–H and O–H groups in total. The van der Waals surface area contributed by atoms with Crippen molar-refractivity contribution in [2.24, 2.45) is 0 Å². The lowest BCUT2D eigenvalue weighted by atomic mass is 9.88. The fourth-order valence-corrected chi connectivity index (χ4v) is 2.74. The van der Waals surface area contributed by atoms with Crippen molar-refractivity contribution in [3.63, 3.8) is 0 Å². The van der Waals surface area contributed by atoms with Crippen LogP contribution in [0.25, 0.3) is 11.3 Å². The average molecular weight is 482 g/mol. The highest BCUT2D eigenvalue weighted by molar-refractivity contribution is 6.31. The standard InChI is InChI=1S/C20H14ClF4N3O2.C2H7B/c1-27(14-5-3-13(4-6-14)20(23,24)25)19(30)11-28-18(29)9-8-17(26-28)12-2-7-15(21)16(22)10-12;1-3-2/h2-10H,11H2,1H3;3H,1-2H3. The minimum Gasteiger partial charge on any atom is -0.314 e. The van der Waals surface area contributed by atoms with Gasteiger partial charge in [-0.15, -0.1) is 0 Å². The second-order valence-corrected chi connectivity index (χ2v) is 7.46. The number of rotatable bonds is 4. The Morgan fingerprint density at radius 1 is 1.09 bits per heavy atom. The van der Waals surface area contributed by atoms with Gasteiger partial charge in [0.1, 0.15) is 19.6 Å². The van der Waals surface area contributed by atoms with Crippen LogP contribution in [0, 0.1) is 5.82 Å². The van der Waals surface area contributed by atoms with Crippen LogP contribution >= 0.6 is 11.6 Å². The largest absolute Gasteiger partial charge is 0.416 e. The van der Waals surface area contributed by atoms with E-state index in [9.17, 15) is 27.2 Å². The van der Waals surface area contributed by atoms with Crippen molar-refractivity contribution in [2.75, 3.05) is 11.9 Å². The molecule has 2 aromatic carbocycles. The van der Waals surface area contributed by atoms with Crippen molar-refractivity contribution in [1.82, 2.24) is 9.78 Å². The number of benzene rings is 2. The van der Waals surface area contributed by atoms with E-state index < -0.39 is 35.6 Å². The highest BCUT2D eigenvalue weighted by Gasteiger charge is 2.30. The van der Waals surface area contributed by atoms with E-state index in [1.807, 2.05) is 0 Å². The maximum Gasteiger partial charge on any atom is 0.416 e. The summed E-state index contributed by atoms with van der Waals surface area (Å²) in [6.45, 7) is 3.79. The summed E-state index contributed by atoms with van der Waals surface area (Å²) in [4.78, 5) is 25.7.